The fourth-order valence-electron chi connectivity index (χ4n) is 6.35. The van der Waals surface area contributed by atoms with Crippen LogP contribution in [0.15, 0.2) is 36.4 Å². The highest BCUT2D eigenvalue weighted by Crippen LogP contribution is 2.32. The monoisotopic (exact) mass is 724 g/mol. The molecule has 2 N–H and O–H groups in total. The van der Waals surface area contributed by atoms with Crippen LogP contribution >= 0.6 is 0 Å². The van der Waals surface area contributed by atoms with Crippen molar-refractivity contribution < 1.29 is 47.7 Å². The number of methoxy groups -OCH3 is 3. The van der Waals surface area contributed by atoms with Crippen molar-refractivity contribution in [3.05, 3.63) is 42.1 Å². The van der Waals surface area contributed by atoms with Gasteiger partial charge in [0.1, 0.15) is 35.3 Å². The third-order valence-corrected chi connectivity index (χ3v) is 8.92. The smallest absolute Gasteiger partial charge is 0.408 e. The van der Waals surface area contributed by atoms with E-state index < -0.39 is 59.7 Å². The first kappa shape index (κ1) is 39.9. The Morgan fingerprint density at radius 3 is 2.42 bits per heavy atom. The number of nitrogens with one attached hydrogen (secondary N) is 2. The molecular formula is C38H52N4O10. The predicted octanol–water partition coefficient (Wildman–Crippen LogP) is 4.55. The number of esters is 2. The van der Waals surface area contributed by atoms with Crippen molar-refractivity contribution in [3.63, 3.8) is 0 Å². The number of nitrogens with zero attached hydrogens (tertiary/aromatic N) is 2. The first-order valence-corrected chi connectivity index (χ1v) is 17.8. The van der Waals surface area contributed by atoms with Crippen LogP contribution in [-0.2, 0) is 39.8 Å². The van der Waals surface area contributed by atoms with E-state index in [0.29, 0.717) is 53.8 Å². The molecule has 0 bridgehead atoms. The normalized spacial score (nSPS) is 21.8. The summed E-state index contributed by atoms with van der Waals surface area (Å²) in [6, 6.07) is 4.46. The molecule has 2 aliphatic rings. The Kier molecular flexibility index (Phi) is 14.2. The van der Waals surface area contributed by atoms with Crippen LogP contribution in [0.1, 0.15) is 84.3 Å². The van der Waals surface area contributed by atoms with Gasteiger partial charge in [0.2, 0.25) is 11.8 Å². The van der Waals surface area contributed by atoms with Gasteiger partial charge < -0.3 is 39.2 Å². The summed E-state index contributed by atoms with van der Waals surface area (Å²) in [6.07, 6.45) is 7.46. The number of carbonyl (C=O) groups is 5. The molecule has 0 aliphatic carbocycles. The zero-order valence-electron chi connectivity index (χ0n) is 31.0. The minimum Gasteiger partial charge on any atom is -0.497 e. The van der Waals surface area contributed by atoms with Crippen molar-refractivity contribution in [2.45, 2.75) is 115 Å². The third-order valence-electron chi connectivity index (χ3n) is 8.92. The number of aromatic nitrogens is 1. The molecule has 14 nitrogen and oxygen atoms in total. The number of carbonyl (C=O) groups excluding carboxylic acids is 5. The molecule has 1 saturated heterocycles. The van der Waals surface area contributed by atoms with Crippen molar-refractivity contribution in [2.24, 2.45) is 0 Å². The Balaban J connectivity index is 1.70. The van der Waals surface area contributed by atoms with Crippen molar-refractivity contribution in [2.75, 3.05) is 27.9 Å². The van der Waals surface area contributed by atoms with Crippen LogP contribution in [0.2, 0.25) is 0 Å². The van der Waals surface area contributed by atoms with Crippen LogP contribution in [0, 0.1) is 0 Å². The summed E-state index contributed by atoms with van der Waals surface area (Å²) in [5.74, 6) is -0.866. The SMILES string of the molecule is COC(=O)Cc1cc(O[C@@H]2C[C@H]3C(=O)N[C@H](CC(=O)OC)CCC=CCCCCC[C@H](NC(=O)OC(C)(C)C)C(=O)N3C2)c2ccc(OC)cc2n1. The number of alkyl carbamates (subject to hydrolysis) is 1. The number of allylic oxidation sites excluding steroid dienone is 2. The number of ether oxygens (including phenoxy) is 5. The molecule has 0 spiro atoms. The lowest BCUT2D eigenvalue weighted by atomic mass is 10.0. The molecule has 3 heterocycles. The van der Waals surface area contributed by atoms with Crippen LogP contribution in [0.25, 0.3) is 10.9 Å². The molecule has 52 heavy (non-hydrogen) atoms. The minimum atomic E-state index is -0.980. The van der Waals surface area contributed by atoms with Gasteiger partial charge in [-0.15, -0.1) is 0 Å². The second-order valence-electron chi connectivity index (χ2n) is 14.1. The number of benzene rings is 1. The van der Waals surface area contributed by atoms with Crippen molar-refractivity contribution >= 4 is 40.7 Å². The molecule has 1 aromatic heterocycles. The topological polar surface area (TPSA) is 172 Å². The van der Waals surface area contributed by atoms with E-state index >= 15 is 0 Å². The number of rotatable bonds is 8. The summed E-state index contributed by atoms with van der Waals surface area (Å²) in [4.78, 5) is 72.1. The molecule has 1 aromatic carbocycles. The quantitative estimate of drug-likeness (QED) is 0.222. The highest BCUT2D eigenvalue weighted by atomic mass is 16.6. The Labute approximate surface area is 304 Å². The second kappa shape index (κ2) is 18.6. The van der Waals surface area contributed by atoms with Crippen LogP contribution in [0.4, 0.5) is 4.79 Å². The van der Waals surface area contributed by atoms with E-state index in [1.807, 2.05) is 6.08 Å². The van der Waals surface area contributed by atoms with E-state index in [-0.39, 0.29) is 25.8 Å². The fraction of sp³-hybridized carbons (Fsp3) is 0.579. The number of pyridine rings is 1. The van der Waals surface area contributed by atoms with E-state index in [4.69, 9.17) is 23.7 Å². The van der Waals surface area contributed by atoms with Crippen molar-refractivity contribution in [1.82, 2.24) is 20.5 Å². The number of hydrogen-bond donors (Lipinski definition) is 2. The Morgan fingerprint density at radius 1 is 0.962 bits per heavy atom. The third kappa shape index (κ3) is 11.6. The Morgan fingerprint density at radius 2 is 1.71 bits per heavy atom. The lowest BCUT2D eigenvalue weighted by Crippen LogP contribution is -2.55. The van der Waals surface area contributed by atoms with Gasteiger partial charge in [0.25, 0.3) is 0 Å². The van der Waals surface area contributed by atoms with Gasteiger partial charge in [-0.1, -0.05) is 25.0 Å². The number of amides is 3. The summed E-state index contributed by atoms with van der Waals surface area (Å²) in [7, 11) is 4.13. The lowest BCUT2D eigenvalue weighted by molar-refractivity contribution is -0.143. The van der Waals surface area contributed by atoms with Crippen LogP contribution < -0.4 is 20.1 Å². The molecule has 0 unspecified atom stereocenters. The average molecular weight is 725 g/mol. The molecule has 3 amide bonds. The Bertz CT molecular complexity index is 1620. The molecule has 4 atom stereocenters. The molecule has 2 aromatic rings. The van der Waals surface area contributed by atoms with Crippen molar-refractivity contribution in [1.29, 1.82) is 0 Å². The highest BCUT2D eigenvalue weighted by molar-refractivity contribution is 5.92. The number of hydrogen-bond acceptors (Lipinski definition) is 11. The molecule has 1 fully saturated rings. The minimum absolute atomic E-state index is 0.0279. The Hall–Kier alpha value is -4.88. The summed E-state index contributed by atoms with van der Waals surface area (Å²) in [5, 5.41) is 6.40. The molecule has 0 saturated carbocycles. The molecule has 284 valence electrons. The van der Waals surface area contributed by atoms with Gasteiger partial charge in [0.15, 0.2) is 0 Å². The van der Waals surface area contributed by atoms with Crippen LogP contribution in [0.3, 0.4) is 0 Å². The first-order chi connectivity index (χ1) is 24.8. The summed E-state index contributed by atoms with van der Waals surface area (Å²) in [5.41, 5.74) is 0.141. The van der Waals surface area contributed by atoms with E-state index in [9.17, 15) is 24.0 Å². The zero-order valence-corrected chi connectivity index (χ0v) is 31.0. The second-order valence-corrected chi connectivity index (χ2v) is 14.1. The van der Waals surface area contributed by atoms with E-state index in [2.05, 4.69) is 21.7 Å². The first-order valence-electron chi connectivity index (χ1n) is 17.8. The maximum absolute atomic E-state index is 14.4. The number of fused-ring (bicyclic) bond motifs is 2. The van der Waals surface area contributed by atoms with Gasteiger partial charge in [-0.2, -0.15) is 0 Å². The summed E-state index contributed by atoms with van der Waals surface area (Å²) < 4.78 is 27.2. The van der Waals surface area contributed by atoms with E-state index in [0.717, 1.165) is 19.3 Å². The maximum Gasteiger partial charge on any atom is 0.408 e. The predicted molar refractivity (Wildman–Crippen MR) is 192 cm³/mol. The van der Waals surface area contributed by atoms with Gasteiger partial charge in [-0.25, -0.2) is 4.79 Å². The summed E-state index contributed by atoms with van der Waals surface area (Å²) >= 11 is 0. The van der Waals surface area contributed by atoms with Gasteiger partial charge in [0.05, 0.1) is 51.9 Å². The standard InChI is InChI=1S/C38H52N4O10/c1-38(2,3)52-37(47)41-29-15-13-11-9-7-8-10-12-14-24(19-33(43)49-5)40-35(45)31-22-27(23-42(31)36(29)46)51-32-18-25(20-34(44)50-6)39-30-21-26(48-4)16-17-28(30)32/h8,10,16-18,21,24,27,29,31H,7,9,11-15,19-20,22-23H2,1-6H3,(H,40,45)(H,41,47)/t24-,27+,29-,31-/m0/s1. The van der Waals surface area contributed by atoms with Gasteiger partial charge in [0, 0.05) is 30.0 Å². The van der Waals surface area contributed by atoms with Gasteiger partial charge in [-0.05, 0) is 65.0 Å². The molecule has 2 aliphatic heterocycles. The van der Waals surface area contributed by atoms with Gasteiger partial charge in [-0.3, -0.25) is 24.2 Å². The highest BCUT2D eigenvalue weighted by Gasteiger charge is 2.44. The van der Waals surface area contributed by atoms with E-state index in [1.165, 1.54) is 26.2 Å². The molecule has 4 rings (SSSR count). The van der Waals surface area contributed by atoms with Crippen molar-refractivity contribution in [3.8, 4) is 11.5 Å². The molecular weight excluding hydrogens is 672 g/mol. The fourth-order valence-corrected chi connectivity index (χ4v) is 6.35. The average Bonchev–Trinajstić information content (AvgIpc) is 3.52. The lowest BCUT2D eigenvalue weighted by Gasteiger charge is -2.30. The van der Waals surface area contributed by atoms with Crippen LogP contribution in [0.5, 0.6) is 11.5 Å². The molecule has 14 heteroatoms. The van der Waals surface area contributed by atoms with Gasteiger partial charge >= 0.3 is 18.0 Å². The van der Waals surface area contributed by atoms with E-state index in [1.54, 1.807) is 45.0 Å². The maximum atomic E-state index is 14.4. The largest absolute Gasteiger partial charge is 0.497 e. The van der Waals surface area contributed by atoms with Crippen LogP contribution in [-0.4, -0.2) is 97.4 Å². The molecule has 0 radical (unpaired) electrons. The summed E-state index contributed by atoms with van der Waals surface area (Å²) in [6.45, 7) is 5.25. The zero-order chi connectivity index (χ0) is 37.8.